The van der Waals surface area contributed by atoms with Gasteiger partial charge in [-0.1, -0.05) is 42.2 Å². The molecule has 2 rings (SSSR count). The van der Waals surface area contributed by atoms with Crippen LogP contribution in [0.2, 0.25) is 23.2 Å². The number of benzene rings is 2. The Labute approximate surface area is 180 Å². The van der Waals surface area contributed by atoms with Crippen molar-refractivity contribution >= 4 is 36.1 Å². The van der Waals surface area contributed by atoms with Crippen LogP contribution in [0, 0.1) is 11.7 Å². The molecule has 0 fully saturated rings. The summed E-state index contributed by atoms with van der Waals surface area (Å²) in [6, 6.07) is 9.50. The van der Waals surface area contributed by atoms with Crippen molar-refractivity contribution in [3.63, 3.8) is 0 Å². The van der Waals surface area contributed by atoms with E-state index in [-0.39, 0.29) is 18.9 Å². The first-order valence-electron chi connectivity index (χ1n) is 9.47. The van der Waals surface area contributed by atoms with Gasteiger partial charge in [-0.2, -0.15) is 0 Å². The molecule has 0 saturated carbocycles. The molecule has 0 saturated heterocycles. The van der Waals surface area contributed by atoms with E-state index in [2.05, 4.69) is 0 Å². The Morgan fingerprint density at radius 1 is 1.24 bits per heavy atom. The van der Waals surface area contributed by atoms with Gasteiger partial charge in [0.25, 0.3) is 6.92 Å². The van der Waals surface area contributed by atoms with Crippen molar-refractivity contribution in [2.45, 2.75) is 39.0 Å². The third-order valence-corrected chi connectivity index (χ3v) is 5.18. The number of esters is 1. The molecular formula is C21H24BCl2FO4. The summed E-state index contributed by atoms with van der Waals surface area (Å²) in [7, 11) is 0. The summed E-state index contributed by atoms with van der Waals surface area (Å²) in [4.78, 5) is 11.7. The van der Waals surface area contributed by atoms with E-state index in [1.807, 2.05) is 0 Å². The van der Waals surface area contributed by atoms with Gasteiger partial charge in [0.15, 0.2) is 6.10 Å². The second-order valence-electron chi connectivity index (χ2n) is 7.09. The van der Waals surface area contributed by atoms with E-state index in [1.54, 1.807) is 31.9 Å². The molecule has 0 radical (unpaired) electrons. The summed E-state index contributed by atoms with van der Waals surface area (Å²) in [5.41, 5.74) is 1.72. The molecule has 0 spiro atoms. The number of ether oxygens (including phenoxy) is 1. The van der Waals surface area contributed by atoms with Gasteiger partial charge in [-0.05, 0) is 67.4 Å². The van der Waals surface area contributed by atoms with Crippen molar-refractivity contribution in [2.24, 2.45) is 5.92 Å². The molecule has 2 aromatic rings. The minimum Gasteiger partial charge on any atom is -0.464 e. The summed E-state index contributed by atoms with van der Waals surface area (Å²) >= 11 is 12.4. The SMILES string of the molecule is CCOC(=O)[C@H](O)C[C@H](CB(C)O)Cc1ccc(-c2cc(Cl)ccc2F)cc1Cl. The highest BCUT2D eigenvalue weighted by Crippen LogP contribution is 2.32. The summed E-state index contributed by atoms with van der Waals surface area (Å²) < 4.78 is 19.0. The normalized spacial score (nSPS) is 13.1. The van der Waals surface area contributed by atoms with Crippen LogP contribution in [-0.2, 0) is 16.0 Å². The Morgan fingerprint density at radius 3 is 2.59 bits per heavy atom. The van der Waals surface area contributed by atoms with Crippen molar-refractivity contribution in [1.29, 1.82) is 0 Å². The molecule has 2 N–H and O–H groups in total. The summed E-state index contributed by atoms with van der Waals surface area (Å²) in [6.45, 7) is 2.90. The monoisotopic (exact) mass is 440 g/mol. The molecule has 4 nitrogen and oxygen atoms in total. The van der Waals surface area contributed by atoms with Crippen LogP contribution in [0.15, 0.2) is 36.4 Å². The number of carbonyl (C=O) groups is 1. The second-order valence-corrected chi connectivity index (χ2v) is 7.93. The predicted octanol–water partition coefficient (Wildman–Crippen LogP) is 4.89. The van der Waals surface area contributed by atoms with Gasteiger partial charge in [-0.15, -0.1) is 0 Å². The number of aliphatic hydroxyl groups is 1. The average Bonchev–Trinajstić information content (AvgIpc) is 2.65. The van der Waals surface area contributed by atoms with Crippen molar-refractivity contribution in [3.05, 3.63) is 57.8 Å². The Bertz CT molecular complexity index is 847. The van der Waals surface area contributed by atoms with Crippen LogP contribution >= 0.6 is 23.2 Å². The molecule has 0 aliphatic rings. The Hall–Kier alpha value is -1.60. The first-order valence-corrected chi connectivity index (χ1v) is 10.2. The smallest absolute Gasteiger partial charge is 0.334 e. The molecule has 0 heterocycles. The summed E-state index contributed by atoms with van der Waals surface area (Å²) in [6.07, 6.45) is -0.293. The van der Waals surface area contributed by atoms with E-state index in [1.165, 1.54) is 18.2 Å². The van der Waals surface area contributed by atoms with E-state index in [0.29, 0.717) is 33.9 Å². The van der Waals surface area contributed by atoms with Crippen molar-refractivity contribution in [1.82, 2.24) is 0 Å². The lowest BCUT2D eigenvalue weighted by Gasteiger charge is -2.21. The van der Waals surface area contributed by atoms with E-state index in [4.69, 9.17) is 27.9 Å². The fourth-order valence-corrected chi connectivity index (χ4v) is 3.74. The second kappa shape index (κ2) is 11.0. The first kappa shape index (κ1) is 23.7. The van der Waals surface area contributed by atoms with Crippen molar-refractivity contribution < 1.29 is 24.1 Å². The van der Waals surface area contributed by atoms with E-state index in [0.717, 1.165) is 5.56 Å². The molecule has 0 aromatic heterocycles. The van der Waals surface area contributed by atoms with Gasteiger partial charge >= 0.3 is 5.97 Å². The molecule has 0 amide bonds. The molecule has 156 valence electrons. The number of hydrogen-bond donors (Lipinski definition) is 2. The molecular weight excluding hydrogens is 417 g/mol. The molecule has 8 heteroatoms. The molecule has 2 atom stereocenters. The van der Waals surface area contributed by atoms with Crippen LogP contribution in [0.5, 0.6) is 0 Å². The highest BCUT2D eigenvalue weighted by atomic mass is 35.5. The number of rotatable bonds is 9. The Morgan fingerprint density at radius 2 is 1.97 bits per heavy atom. The van der Waals surface area contributed by atoms with E-state index < -0.39 is 24.8 Å². The number of aliphatic hydroxyl groups excluding tert-OH is 1. The quantitative estimate of drug-likeness (QED) is 0.430. The van der Waals surface area contributed by atoms with Crippen LogP contribution in [0.25, 0.3) is 11.1 Å². The first-order chi connectivity index (χ1) is 13.7. The maximum absolute atomic E-state index is 14.1. The third kappa shape index (κ3) is 7.00. The summed E-state index contributed by atoms with van der Waals surface area (Å²) in [5.74, 6) is -1.27. The maximum Gasteiger partial charge on any atom is 0.334 e. The maximum atomic E-state index is 14.1. The zero-order valence-electron chi connectivity index (χ0n) is 16.4. The molecule has 0 aliphatic carbocycles. The largest absolute Gasteiger partial charge is 0.464 e. The lowest BCUT2D eigenvalue weighted by atomic mass is 9.62. The molecule has 0 unspecified atom stereocenters. The zero-order chi connectivity index (χ0) is 21.6. The highest BCUT2D eigenvalue weighted by molar-refractivity contribution is 6.48. The summed E-state index contributed by atoms with van der Waals surface area (Å²) in [5, 5.41) is 20.7. The lowest BCUT2D eigenvalue weighted by molar-refractivity contribution is -0.153. The average molecular weight is 441 g/mol. The van der Waals surface area contributed by atoms with Crippen LogP contribution in [0.1, 0.15) is 18.9 Å². The van der Waals surface area contributed by atoms with Gasteiger partial charge in [0.2, 0.25) is 0 Å². The minimum absolute atomic E-state index is 0.144. The highest BCUT2D eigenvalue weighted by Gasteiger charge is 2.25. The van der Waals surface area contributed by atoms with Crippen LogP contribution in [-0.4, -0.2) is 35.7 Å². The van der Waals surface area contributed by atoms with Crippen LogP contribution in [0.4, 0.5) is 4.39 Å². The molecule has 0 bridgehead atoms. The van der Waals surface area contributed by atoms with Gasteiger partial charge in [0.05, 0.1) is 6.61 Å². The third-order valence-electron chi connectivity index (χ3n) is 4.59. The van der Waals surface area contributed by atoms with Crippen LogP contribution < -0.4 is 0 Å². The number of halogens is 3. The Kier molecular flexibility index (Phi) is 8.96. The fourth-order valence-electron chi connectivity index (χ4n) is 3.31. The standard InChI is InChI=1S/C21H24BCl2FO4/c1-3-29-21(27)20(26)9-13(12-22(2)28)8-15-5-4-14(10-18(15)24)17-11-16(23)6-7-19(17)25/h4-7,10-11,13,20,26,28H,3,8-9,12H2,1-2H3/t13-,20-/m1/s1. The molecule has 29 heavy (non-hydrogen) atoms. The van der Waals surface area contributed by atoms with Gasteiger partial charge in [-0.25, -0.2) is 9.18 Å². The number of hydrogen-bond acceptors (Lipinski definition) is 4. The van der Waals surface area contributed by atoms with E-state index in [9.17, 15) is 19.3 Å². The van der Waals surface area contributed by atoms with E-state index >= 15 is 0 Å². The van der Waals surface area contributed by atoms with Gasteiger partial charge < -0.3 is 14.9 Å². The van der Waals surface area contributed by atoms with Gasteiger partial charge in [-0.3, -0.25) is 0 Å². The topological polar surface area (TPSA) is 66.8 Å². The number of carbonyl (C=O) groups excluding carboxylic acids is 1. The fraction of sp³-hybridized carbons (Fsp3) is 0.381. The lowest BCUT2D eigenvalue weighted by Crippen LogP contribution is -2.28. The molecule has 0 aliphatic heterocycles. The Balaban J connectivity index is 2.20. The molecule has 2 aromatic carbocycles. The van der Waals surface area contributed by atoms with Gasteiger partial charge in [0, 0.05) is 15.6 Å². The zero-order valence-corrected chi connectivity index (χ0v) is 17.9. The van der Waals surface area contributed by atoms with Gasteiger partial charge in [0.1, 0.15) is 5.82 Å². The van der Waals surface area contributed by atoms with Crippen molar-refractivity contribution in [3.8, 4) is 11.1 Å². The predicted molar refractivity (Wildman–Crippen MR) is 115 cm³/mol. The van der Waals surface area contributed by atoms with Crippen LogP contribution in [0.3, 0.4) is 0 Å². The van der Waals surface area contributed by atoms with Crippen molar-refractivity contribution in [2.75, 3.05) is 6.61 Å². The minimum atomic E-state index is -1.27.